The van der Waals surface area contributed by atoms with Gasteiger partial charge in [0.05, 0.1) is 12.7 Å². The van der Waals surface area contributed by atoms with Crippen LogP contribution in [0.15, 0.2) is 30.3 Å². The zero-order chi connectivity index (χ0) is 13.8. The Hall–Kier alpha value is -1.66. The standard InChI is InChI=1S/C16H21NO2/c17-12-6-4-10-16(18)11-5-7-13-19-14-15-8-2-1-3-9-15/h1-3,8-9H,4-7,10-11,13-14H2. The van der Waals surface area contributed by atoms with Gasteiger partial charge in [-0.05, 0) is 24.8 Å². The number of nitriles is 1. The predicted molar refractivity (Wildman–Crippen MR) is 74.4 cm³/mol. The molecule has 0 aliphatic rings. The zero-order valence-electron chi connectivity index (χ0n) is 11.3. The van der Waals surface area contributed by atoms with Crippen molar-refractivity contribution >= 4 is 5.78 Å². The van der Waals surface area contributed by atoms with E-state index in [1.165, 1.54) is 5.56 Å². The number of ether oxygens (including phenoxy) is 1. The van der Waals surface area contributed by atoms with Crippen LogP contribution in [-0.2, 0) is 16.1 Å². The van der Waals surface area contributed by atoms with Gasteiger partial charge in [-0.1, -0.05) is 30.3 Å². The van der Waals surface area contributed by atoms with Gasteiger partial charge in [0, 0.05) is 25.9 Å². The quantitative estimate of drug-likeness (QED) is 0.603. The van der Waals surface area contributed by atoms with Crippen LogP contribution < -0.4 is 0 Å². The van der Waals surface area contributed by atoms with Crippen molar-refractivity contribution in [3.63, 3.8) is 0 Å². The molecule has 0 aliphatic carbocycles. The zero-order valence-corrected chi connectivity index (χ0v) is 11.3. The first-order valence-electron chi connectivity index (χ1n) is 6.83. The fraction of sp³-hybridized carbons (Fsp3) is 0.500. The Balaban J connectivity index is 1.94. The van der Waals surface area contributed by atoms with Crippen molar-refractivity contribution in [2.75, 3.05) is 6.61 Å². The lowest BCUT2D eigenvalue weighted by Crippen LogP contribution is -2.00. The molecule has 0 unspecified atom stereocenters. The normalized spacial score (nSPS) is 10.1. The van der Waals surface area contributed by atoms with E-state index in [0.29, 0.717) is 38.9 Å². The van der Waals surface area contributed by atoms with E-state index in [0.717, 1.165) is 12.8 Å². The molecule has 0 saturated carbocycles. The number of carbonyl (C=O) groups is 1. The van der Waals surface area contributed by atoms with Crippen LogP contribution in [0.3, 0.4) is 0 Å². The molecule has 0 amide bonds. The van der Waals surface area contributed by atoms with Gasteiger partial charge < -0.3 is 4.74 Å². The van der Waals surface area contributed by atoms with E-state index in [1.807, 2.05) is 30.3 Å². The molecule has 0 saturated heterocycles. The first-order chi connectivity index (χ1) is 9.33. The fourth-order valence-corrected chi connectivity index (χ4v) is 1.78. The topological polar surface area (TPSA) is 50.1 Å². The van der Waals surface area contributed by atoms with Gasteiger partial charge in [-0.25, -0.2) is 0 Å². The summed E-state index contributed by atoms with van der Waals surface area (Å²) in [6.07, 6.45) is 4.11. The van der Waals surface area contributed by atoms with Crippen molar-refractivity contribution in [3.05, 3.63) is 35.9 Å². The Kier molecular flexibility index (Phi) is 8.33. The molecule has 1 rings (SSSR count). The summed E-state index contributed by atoms with van der Waals surface area (Å²) in [5.74, 6) is 0.262. The highest BCUT2D eigenvalue weighted by atomic mass is 16.5. The van der Waals surface area contributed by atoms with Gasteiger partial charge in [-0.2, -0.15) is 5.26 Å². The smallest absolute Gasteiger partial charge is 0.132 e. The number of rotatable bonds is 10. The van der Waals surface area contributed by atoms with Crippen LogP contribution in [0.2, 0.25) is 0 Å². The lowest BCUT2D eigenvalue weighted by molar-refractivity contribution is -0.119. The third-order valence-electron chi connectivity index (χ3n) is 2.85. The Morgan fingerprint density at radius 3 is 2.58 bits per heavy atom. The number of hydrogen-bond acceptors (Lipinski definition) is 3. The number of nitrogens with zero attached hydrogens (tertiary/aromatic N) is 1. The first kappa shape index (κ1) is 15.4. The largest absolute Gasteiger partial charge is 0.377 e. The molecule has 0 bridgehead atoms. The van der Waals surface area contributed by atoms with Crippen LogP contribution in [0.25, 0.3) is 0 Å². The average molecular weight is 259 g/mol. The van der Waals surface area contributed by atoms with Gasteiger partial charge in [0.25, 0.3) is 0 Å². The highest BCUT2D eigenvalue weighted by Crippen LogP contribution is 2.05. The summed E-state index contributed by atoms with van der Waals surface area (Å²) >= 11 is 0. The third kappa shape index (κ3) is 8.12. The van der Waals surface area contributed by atoms with Gasteiger partial charge in [-0.15, -0.1) is 0 Å². The summed E-state index contributed by atoms with van der Waals surface area (Å²) in [4.78, 5) is 11.4. The van der Waals surface area contributed by atoms with Crippen molar-refractivity contribution in [2.24, 2.45) is 0 Å². The number of ketones is 1. The fourth-order valence-electron chi connectivity index (χ4n) is 1.78. The van der Waals surface area contributed by atoms with E-state index in [2.05, 4.69) is 6.07 Å². The van der Waals surface area contributed by atoms with Gasteiger partial charge in [0.1, 0.15) is 5.78 Å². The second-order valence-corrected chi connectivity index (χ2v) is 4.55. The summed E-state index contributed by atoms with van der Waals surface area (Å²) in [5.41, 5.74) is 1.18. The second-order valence-electron chi connectivity index (χ2n) is 4.55. The SMILES string of the molecule is N#CCCCC(=O)CCCCOCc1ccccc1. The van der Waals surface area contributed by atoms with E-state index < -0.39 is 0 Å². The molecule has 0 spiro atoms. The molecule has 1 aromatic rings. The molecule has 0 N–H and O–H groups in total. The highest BCUT2D eigenvalue weighted by Gasteiger charge is 2.01. The highest BCUT2D eigenvalue weighted by molar-refractivity contribution is 5.78. The maximum absolute atomic E-state index is 11.4. The Bertz CT molecular complexity index is 395. The van der Waals surface area contributed by atoms with E-state index in [9.17, 15) is 4.79 Å². The molecular weight excluding hydrogens is 238 g/mol. The number of benzene rings is 1. The Morgan fingerprint density at radius 2 is 1.84 bits per heavy atom. The number of Topliss-reactive ketones (excluding diaryl/α,β-unsaturated/α-hetero) is 1. The van der Waals surface area contributed by atoms with Crippen molar-refractivity contribution in [1.29, 1.82) is 5.26 Å². The van der Waals surface area contributed by atoms with Crippen LogP contribution in [0.4, 0.5) is 0 Å². The molecule has 0 fully saturated rings. The summed E-state index contributed by atoms with van der Waals surface area (Å²) in [5, 5.41) is 8.37. The van der Waals surface area contributed by atoms with Crippen molar-refractivity contribution in [3.8, 4) is 6.07 Å². The van der Waals surface area contributed by atoms with Crippen molar-refractivity contribution < 1.29 is 9.53 Å². The maximum atomic E-state index is 11.4. The summed E-state index contributed by atoms with van der Waals surface area (Å²) in [7, 11) is 0. The molecule has 1 aromatic carbocycles. The minimum Gasteiger partial charge on any atom is -0.377 e. The average Bonchev–Trinajstić information content (AvgIpc) is 2.44. The summed E-state index contributed by atoms with van der Waals surface area (Å²) < 4.78 is 5.55. The summed E-state index contributed by atoms with van der Waals surface area (Å²) in [6.45, 7) is 1.33. The third-order valence-corrected chi connectivity index (χ3v) is 2.85. The molecule has 0 radical (unpaired) electrons. The van der Waals surface area contributed by atoms with Crippen LogP contribution in [0.5, 0.6) is 0 Å². The molecular formula is C16H21NO2. The predicted octanol–water partition coefficient (Wildman–Crippen LogP) is 3.64. The van der Waals surface area contributed by atoms with Gasteiger partial charge in [-0.3, -0.25) is 4.79 Å². The lowest BCUT2D eigenvalue weighted by Gasteiger charge is -2.04. The lowest BCUT2D eigenvalue weighted by atomic mass is 10.1. The van der Waals surface area contributed by atoms with Crippen molar-refractivity contribution in [2.45, 2.75) is 45.1 Å². The minimum atomic E-state index is 0.262. The molecule has 0 atom stereocenters. The second kappa shape index (κ2) is 10.3. The number of hydrogen-bond donors (Lipinski definition) is 0. The molecule has 3 nitrogen and oxygen atoms in total. The molecule has 102 valence electrons. The van der Waals surface area contributed by atoms with Crippen LogP contribution >= 0.6 is 0 Å². The molecule has 0 aromatic heterocycles. The Labute approximate surface area is 115 Å². The van der Waals surface area contributed by atoms with Gasteiger partial charge in [0.2, 0.25) is 0 Å². The summed E-state index contributed by atoms with van der Waals surface area (Å²) in [6, 6.07) is 12.1. The van der Waals surface area contributed by atoms with Crippen LogP contribution in [0.1, 0.15) is 44.1 Å². The van der Waals surface area contributed by atoms with Crippen LogP contribution in [-0.4, -0.2) is 12.4 Å². The number of carbonyl (C=O) groups excluding carboxylic acids is 1. The molecule has 3 heteroatoms. The minimum absolute atomic E-state index is 0.262. The monoisotopic (exact) mass is 259 g/mol. The number of unbranched alkanes of at least 4 members (excludes halogenated alkanes) is 2. The molecule has 19 heavy (non-hydrogen) atoms. The van der Waals surface area contributed by atoms with Crippen LogP contribution in [0, 0.1) is 11.3 Å². The van der Waals surface area contributed by atoms with Gasteiger partial charge in [0.15, 0.2) is 0 Å². The first-order valence-corrected chi connectivity index (χ1v) is 6.83. The van der Waals surface area contributed by atoms with E-state index in [-0.39, 0.29) is 5.78 Å². The van der Waals surface area contributed by atoms with E-state index in [1.54, 1.807) is 0 Å². The molecule has 0 aliphatic heterocycles. The van der Waals surface area contributed by atoms with Gasteiger partial charge >= 0.3 is 0 Å². The van der Waals surface area contributed by atoms with Crippen molar-refractivity contribution in [1.82, 2.24) is 0 Å². The maximum Gasteiger partial charge on any atom is 0.132 e. The molecule has 0 heterocycles. The van der Waals surface area contributed by atoms with E-state index >= 15 is 0 Å². The Morgan fingerprint density at radius 1 is 1.11 bits per heavy atom. The van der Waals surface area contributed by atoms with E-state index in [4.69, 9.17) is 10.00 Å².